The molecule has 124 valence electrons. The molecule has 4 heteroatoms. The van der Waals surface area contributed by atoms with Crippen LogP contribution in [0.5, 0.6) is 0 Å². The van der Waals surface area contributed by atoms with Crippen LogP contribution in [0.2, 0.25) is 0 Å². The molecule has 0 spiro atoms. The smallest absolute Gasteiger partial charge is 0.242 e. The lowest BCUT2D eigenvalue weighted by molar-refractivity contribution is -0.126. The molecule has 2 aliphatic rings. The second kappa shape index (κ2) is 6.73. The number of nitrogens with one attached hydrogen (secondary N) is 2. The molecular weight excluding hydrogens is 288 g/mol. The summed E-state index contributed by atoms with van der Waals surface area (Å²) in [5, 5.41) is 5.88. The molecule has 0 bridgehead atoms. The van der Waals surface area contributed by atoms with Gasteiger partial charge < -0.3 is 10.6 Å². The third-order valence-electron chi connectivity index (χ3n) is 5.44. The predicted octanol–water partition coefficient (Wildman–Crippen LogP) is 2.59. The van der Waals surface area contributed by atoms with Crippen LogP contribution in [0.25, 0.3) is 0 Å². The van der Waals surface area contributed by atoms with Crippen molar-refractivity contribution in [2.45, 2.75) is 63.3 Å². The maximum absolute atomic E-state index is 12.4. The van der Waals surface area contributed by atoms with E-state index < -0.39 is 0 Å². The highest BCUT2D eigenvalue weighted by Gasteiger charge is 2.36. The molecule has 1 aromatic rings. The van der Waals surface area contributed by atoms with Crippen LogP contribution in [-0.4, -0.2) is 24.4 Å². The van der Waals surface area contributed by atoms with Gasteiger partial charge in [-0.1, -0.05) is 43.5 Å². The van der Waals surface area contributed by atoms with Gasteiger partial charge in [-0.2, -0.15) is 0 Å². The molecule has 1 aromatic carbocycles. The van der Waals surface area contributed by atoms with Crippen LogP contribution in [0.15, 0.2) is 24.3 Å². The molecule has 2 amide bonds. The van der Waals surface area contributed by atoms with Gasteiger partial charge in [0.1, 0.15) is 6.04 Å². The number of hydrogen-bond acceptors (Lipinski definition) is 2. The number of carbonyl (C=O) groups is 2. The molecule has 0 unspecified atom stereocenters. The van der Waals surface area contributed by atoms with Crippen molar-refractivity contribution >= 4 is 11.8 Å². The zero-order chi connectivity index (χ0) is 16.3. The molecule has 1 aliphatic heterocycles. The maximum atomic E-state index is 12.4. The van der Waals surface area contributed by atoms with Gasteiger partial charge in [0.05, 0.1) is 0 Å². The van der Waals surface area contributed by atoms with Crippen LogP contribution in [0.3, 0.4) is 0 Å². The summed E-state index contributed by atoms with van der Waals surface area (Å²) in [7, 11) is 0. The van der Waals surface area contributed by atoms with Crippen molar-refractivity contribution in [3.05, 3.63) is 35.4 Å². The first-order valence-electron chi connectivity index (χ1n) is 8.74. The Bertz CT molecular complexity index is 591. The first-order valence-corrected chi connectivity index (χ1v) is 8.74. The van der Waals surface area contributed by atoms with Crippen molar-refractivity contribution in [1.29, 1.82) is 0 Å². The van der Waals surface area contributed by atoms with E-state index >= 15 is 0 Å². The highest BCUT2D eigenvalue weighted by atomic mass is 16.2. The van der Waals surface area contributed by atoms with Crippen molar-refractivity contribution in [3.63, 3.8) is 0 Å². The van der Waals surface area contributed by atoms with Crippen LogP contribution in [0.1, 0.15) is 56.1 Å². The third-order valence-corrected chi connectivity index (χ3v) is 5.44. The molecular formula is C19H26N2O2. The second-order valence-electron chi connectivity index (χ2n) is 7.03. The summed E-state index contributed by atoms with van der Waals surface area (Å²) in [6.45, 7) is 2.83. The van der Waals surface area contributed by atoms with Crippen molar-refractivity contribution in [2.24, 2.45) is 0 Å². The molecule has 2 fully saturated rings. The molecule has 1 saturated carbocycles. The zero-order valence-electron chi connectivity index (χ0n) is 13.9. The van der Waals surface area contributed by atoms with E-state index in [0.717, 1.165) is 12.8 Å². The number of hydrogen-bond donors (Lipinski definition) is 2. The third kappa shape index (κ3) is 3.41. The van der Waals surface area contributed by atoms with Crippen LogP contribution >= 0.6 is 0 Å². The molecule has 3 rings (SSSR count). The summed E-state index contributed by atoms with van der Waals surface area (Å²) in [6, 6.07) is 8.19. The van der Waals surface area contributed by atoms with E-state index in [4.69, 9.17) is 0 Å². The van der Waals surface area contributed by atoms with Crippen LogP contribution in [-0.2, 0) is 15.0 Å². The minimum absolute atomic E-state index is 0.0172. The van der Waals surface area contributed by atoms with Gasteiger partial charge in [-0.15, -0.1) is 0 Å². The van der Waals surface area contributed by atoms with Crippen molar-refractivity contribution in [2.75, 3.05) is 6.54 Å². The van der Waals surface area contributed by atoms with E-state index in [1.54, 1.807) is 0 Å². The average molecular weight is 314 g/mol. The fourth-order valence-electron chi connectivity index (χ4n) is 4.13. The maximum Gasteiger partial charge on any atom is 0.242 e. The monoisotopic (exact) mass is 314 g/mol. The van der Waals surface area contributed by atoms with Gasteiger partial charge >= 0.3 is 0 Å². The summed E-state index contributed by atoms with van der Waals surface area (Å²) in [5.74, 6) is -0.0502. The fourth-order valence-corrected chi connectivity index (χ4v) is 4.13. The van der Waals surface area contributed by atoms with E-state index in [0.29, 0.717) is 19.4 Å². The van der Waals surface area contributed by atoms with E-state index in [1.165, 1.54) is 30.4 Å². The summed E-state index contributed by atoms with van der Waals surface area (Å²) in [5.41, 5.74) is 2.72. The minimum atomic E-state index is -0.347. The largest absolute Gasteiger partial charge is 0.353 e. The topological polar surface area (TPSA) is 58.2 Å². The van der Waals surface area contributed by atoms with Crippen LogP contribution in [0, 0.1) is 6.92 Å². The zero-order valence-corrected chi connectivity index (χ0v) is 13.9. The number of amides is 2. The van der Waals surface area contributed by atoms with Gasteiger partial charge in [0, 0.05) is 18.4 Å². The summed E-state index contributed by atoms with van der Waals surface area (Å²) >= 11 is 0. The minimum Gasteiger partial charge on any atom is -0.353 e. The van der Waals surface area contributed by atoms with E-state index in [9.17, 15) is 9.59 Å². The van der Waals surface area contributed by atoms with Gasteiger partial charge in [0.15, 0.2) is 0 Å². The van der Waals surface area contributed by atoms with Gasteiger partial charge in [0.25, 0.3) is 0 Å². The van der Waals surface area contributed by atoms with Gasteiger partial charge in [0.2, 0.25) is 11.8 Å². The predicted molar refractivity (Wildman–Crippen MR) is 90.1 cm³/mol. The lowest BCUT2D eigenvalue weighted by Gasteiger charge is -2.39. The summed E-state index contributed by atoms with van der Waals surface area (Å²) in [6.07, 6.45) is 7.02. The molecule has 1 saturated heterocycles. The molecule has 0 aromatic heterocycles. The van der Waals surface area contributed by atoms with Gasteiger partial charge in [-0.05, 0) is 37.3 Å². The SMILES string of the molecule is Cc1ccccc1C1(CNC(=O)[C@@H]2CCC(=O)N2)CCCCC1. The van der Waals surface area contributed by atoms with Gasteiger partial charge in [-0.25, -0.2) is 0 Å². The molecule has 1 heterocycles. The van der Waals surface area contributed by atoms with Crippen molar-refractivity contribution in [1.82, 2.24) is 10.6 Å². The molecule has 1 atom stereocenters. The Balaban J connectivity index is 1.74. The van der Waals surface area contributed by atoms with Crippen LogP contribution < -0.4 is 10.6 Å². The fraction of sp³-hybridized carbons (Fsp3) is 0.579. The normalized spacial score (nSPS) is 23.3. The highest BCUT2D eigenvalue weighted by Crippen LogP contribution is 2.40. The summed E-state index contributed by atoms with van der Waals surface area (Å²) < 4.78 is 0. The van der Waals surface area contributed by atoms with Gasteiger partial charge in [-0.3, -0.25) is 9.59 Å². The molecule has 0 radical (unpaired) electrons. The number of carbonyl (C=O) groups excluding carboxylic acids is 2. The number of rotatable bonds is 4. The van der Waals surface area contributed by atoms with E-state index in [2.05, 4.69) is 41.8 Å². The lowest BCUT2D eigenvalue weighted by atomic mass is 9.68. The van der Waals surface area contributed by atoms with Crippen molar-refractivity contribution in [3.8, 4) is 0 Å². The Hall–Kier alpha value is -1.84. The Kier molecular flexibility index (Phi) is 4.69. The Labute approximate surface area is 138 Å². The number of benzene rings is 1. The average Bonchev–Trinajstić information content (AvgIpc) is 3.00. The molecule has 23 heavy (non-hydrogen) atoms. The molecule has 2 N–H and O–H groups in total. The Morgan fingerprint density at radius 1 is 1.26 bits per heavy atom. The van der Waals surface area contributed by atoms with E-state index in [-0.39, 0.29) is 23.3 Å². The number of aryl methyl sites for hydroxylation is 1. The van der Waals surface area contributed by atoms with E-state index in [1.807, 2.05) is 0 Å². The Morgan fingerprint density at radius 2 is 2.00 bits per heavy atom. The quantitative estimate of drug-likeness (QED) is 0.897. The standard InChI is InChI=1S/C19H26N2O2/c1-14-7-3-4-8-15(14)19(11-5-2-6-12-19)13-20-18(23)16-9-10-17(22)21-16/h3-4,7-8,16H,2,5-6,9-13H2,1H3,(H,20,23)(H,21,22)/t16-/m0/s1. The lowest BCUT2D eigenvalue weighted by Crippen LogP contribution is -2.48. The summed E-state index contributed by atoms with van der Waals surface area (Å²) in [4.78, 5) is 23.7. The van der Waals surface area contributed by atoms with Crippen molar-refractivity contribution < 1.29 is 9.59 Å². The molecule has 4 nitrogen and oxygen atoms in total. The first-order chi connectivity index (χ1) is 11.1. The highest BCUT2D eigenvalue weighted by molar-refractivity contribution is 5.90. The second-order valence-corrected chi connectivity index (χ2v) is 7.03. The molecule has 1 aliphatic carbocycles. The van der Waals surface area contributed by atoms with Crippen LogP contribution in [0.4, 0.5) is 0 Å². The first kappa shape index (κ1) is 16.0. The Morgan fingerprint density at radius 3 is 2.65 bits per heavy atom.